The molecule has 5 heteroatoms. The van der Waals surface area contributed by atoms with Gasteiger partial charge in [-0.1, -0.05) is 17.8 Å². The van der Waals surface area contributed by atoms with Crippen LogP contribution >= 0.6 is 27.7 Å². The highest BCUT2D eigenvalue weighted by molar-refractivity contribution is 9.10. The number of benzene rings is 1. The van der Waals surface area contributed by atoms with E-state index in [0.717, 1.165) is 22.2 Å². The van der Waals surface area contributed by atoms with Gasteiger partial charge in [0.1, 0.15) is 0 Å². The number of aromatic amines is 1. The third kappa shape index (κ3) is 3.16. The van der Waals surface area contributed by atoms with Crippen LogP contribution in [-0.2, 0) is 6.54 Å². The molecule has 0 atom stereocenters. The van der Waals surface area contributed by atoms with E-state index in [2.05, 4.69) is 49.4 Å². The van der Waals surface area contributed by atoms with Gasteiger partial charge in [0, 0.05) is 34.3 Å². The van der Waals surface area contributed by atoms with Gasteiger partial charge in [0.15, 0.2) is 5.16 Å². The van der Waals surface area contributed by atoms with Gasteiger partial charge in [-0.3, -0.25) is 0 Å². The SMILES string of the molecule is Brc1cc(CNC2CC2)ccc1Sc1ncc[nH]1. The van der Waals surface area contributed by atoms with Crippen LogP contribution in [0.2, 0.25) is 0 Å². The molecule has 0 aliphatic heterocycles. The predicted molar refractivity (Wildman–Crippen MR) is 76.7 cm³/mol. The second-order valence-electron chi connectivity index (χ2n) is 4.42. The Labute approximate surface area is 119 Å². The van der Waals surface area contributed by atoms with E-state index in [0.29, 0.717) is 0 Å². The van der Waals surface area contributed by atoms with Crippen LogP contribution in [0.15, 0.2) is 45.1 Å². The Morgan fingerprint density at radius 2 is 2.33 bits per heavy atom. The molecule has 0 spiro atoms. The maximum atomic E-state index is 4.22. The zero-order chi connectivity index (χ0) is 12.4. The van der Waals surface area contributed by atoms with E-state index in [1.54, 1.807) is 18.0 Å². The van der Waals surface area contributed by atoms with Crippen LogP contribution < -0.4 is 5.32 Å². The third-order valence-electron chi connectivity index (χ3n) is 2.85. The Balaban J connectivity index is 1.67. The molecule has 0 unspecified atom stereocenters. The van der Waals surface area contributed by atoms with Crippen molar-refractivity contribution in [3.05, 3.63) is 40.6 Å². The van der Waals surface area contributed by atoms with Gasteiger partial charge in [-0.05, 0) is 46.5 Å². The molecule has 1 aromatic carbocycles. The zero-order valence-corrected chi connectivity index (χ0v) is 12.2. The molecule has 0 radical (unpaired) electrons. The van der Waals surface area contributed by atoms with Gasteiger partial charge in [0.25, 0.3) is 0 Å². The summed E-state index contributed by atoms with van der Waals surface area (Å²) in [4.78, 5) is 8.49. The first kappa shape index (κ1) is 12.3. The third-order valence-corrected chi connectivity index (χ3v) is 4.76. The second-order valence-corrected chi connectivity index (χ2v) is 6.30. The van der Waals surface area contributed by atoms with Crippen LogP contribution in [0.3, 0.4) is 0 Å². The molecule has 1 fully saturated rings. The lowest BCUT2D eigenvalue weighted by molar-refractivity contribution is 0.687. The summed E-state index contributed by atoms with van der Waals surface area (Å²) in [7, 11) is 0. The molecule has 2 aromatic rings. The van der Waals surface area contributed by atoms with Gasteiger partial charge < -0.3 is 10.3 Å². The Morgan fingerprint density at radius 1 is 1.44 bits per heavy atom. The number of nitrogens with zero attached hydrogens (tertiary/aromatic N) is 1. The lowest BCUT2D eigenvalue weighted by Gasteiger charge is -2.07. The standard InChI is InChI=1S/C13H14BrN3S/c14-11-7-9(8-17-10-2-3-10)1-4-12(11)18-13-15-5-6-16-13/h1,4-7,10,17H,2-3,8H2,(H,15,16). The van der Waals surface area contributed by atoms with E-state index in [-0.39, 0.29) is 0 Å². The molecular weight excluding hydrogens is 310 g/mol. The van der Waals surface area contributed by atoms with Crippen molar-refractivity contribution in [2.45, 2.75) is 35.5 Å². The smallest absolute Gasteiger partial charge is 0.170 e. The summed E-state index contributed by atoms with van der Waals surface area (Å²) in [5.41, 5.74) is 1.32. The summed E-state index contributed by atoms with van der Waals surface area (Å²) >= 11 is 5.26. The van der Waals surface area contributed by atoms with E-state index in [9.17, 15) is 0 Å². The molecular formula is C13H14BrN3S. The number of hydrogen-bond acceptors (Lipinski definition) is 3. The normalized spacial score (nSPS) is 14.9. The molecule has 1 aliphatic carbocycles. The molecule has 0 bridgehead atoms. The highest BCUT2D eigenvalue weighted by Gasteiger charge is 2.19. The number of imidazole rings is 1. The second kappa shape index (κ2) is 5.47. The minimum Gasteiger partial charge on any atom is -0.339 e. The van der Waals surface area contributed by atoms with Gasteiger partial charge in [0.2, 0.25) is 0 Å². The highest BCUT2D eigenvalue weighted by Crippen LogP contribution is 2.32. The molecule has 0 amide bonds. The van der Waals surface area contributed by atoms with Crippen LogP contribution in [0.4, 0.5) is 0 Å². The van der Waals surface area contributed by atoms with Crippen molar-refractivity contribution >= 4 is 27.7 Å². The molecule has 0 saturated heterocycles. The summed E-state index contributed by atoms with van der Waals surface area (Å²) < 4.78 is 1.12. The molecule has 2 N–H and O–H groups in total. The van der Waals surface area contributed by atoms with E-state index in [1.807, 2.05) is 6.20 Å². The van der Waals surface area contributed by atoms with Gasteiger partial charge in [0.05, 0.1) is 0 Å². The molecule has 18 heavy (non-hydrogen) atoms. The van der Waals surface area contributed by atoms with Crippen LogP contribution in [0, 0.1) is 0 Å². The van der Waals surface area contributed by atoms with Crippen molar-refractivity contribution in [1.82, 2.24) is 15.3 Å². The minimum atomic E-state index is 0.751. The van der Waals surface area contributed by atoms with Crippen molar-refractivity contribution < 1.29 is 0 Å². The summed E-state index contributed by atoms with van der Waals surface area (Å²) in [6.45, 7) is 0.953. The van der Waals surface area contributed by atoms with Gasteiger partial charge >= 0.3 is 0 Å². The summed E-state index contributed by atoms with van der Waals surface area (Å²) in [6.07, 6.45) is 6.26. The Morgan fingerprint density at radius 3 is 3.00 bits per heavy atom. The van der Waals surface area contributed by atoms with Gasteiger partial charge in [-0.2, -0.15) is 0 Å². The van der Waals surface area contributed by atoms with Gasteiger partial charge in [-0.15, -0.1) is 0 Å². The van der Waals surface area contributed by atoms with Crippen LogP contribution in [0.5, 0.6) is 0 Å². The first-order chi connectivity index (χ1) is 8.81. The average Bonchev–Trinajstić information content (AvgIpc) is 3.06. The van der Waals surface area contributed by atoms with E-state index >= 15 is 0 Å². The van der Waals surface area contributed by atoms with Crippen LogP contribution in [0.1, 0.15) is 18.4 Å². The number of aromatic nitrogens is 2. The van der Waals surface area contributed by atoms with E-state index < -0.39 is 0 Å². The van der Waals surface area contributed by atoms with Crippen LogP contribution in [0.25, 0.3) is 0 Å². The average molecular weight is 324 g/mol. The molecule has 94 valence electrons. The first-order valence-corrected chi connectivity index (χ1v) is 7.61. The first-order valence-electron chi connectivity index (χ1n) is 6.00. The quantitative estimate of drug-likeness (QED) is 0.883. The number of H-pyrrole nitrogens is 1. The Bertz CT molecular complexity index is 523. The van der Waals surface area contributed by atoms with Crippen molar-refractivity contribution in [3.8, 4) is 0 Å². The number of halogens is 1. The van der Waals surface area contributed by atoms with Crippen molar-refractivity contribution in [2.75, 3.05) is 0 Å². The Hall–Kier alpha value is -0.780. The summed E-state index contributed by atoms with van der Waals surface area (Å²) in [5.74, 6) is 0. The summed E-state index contributed by atoms with van der Waals surface area (Å²) in [6, 6.07) is 7.24. The lowest BCUT2D eigenvalue weighted by Crippen LogP contribution is -2.15. The molecule has 1 saturated carbocycles. The van der Waals surface area contributed by atoms with Crippen molar-refractivity contribution in [2.24, 2.45) is 0 Å². The zero-order valence-electron chi connectivity index (χ0n) is 9.82. The molecule has 3 rings (SSSR count). The lowest BCUT2D eigenvalue weighted by atomic mass is 10.2. The fourth-order valence-electron chi connectivity index (χ4n) is 1.70. The number of rotatable bonds is 5. The number of hydrogen-bond donors (Lipinski definition) is 2. The Kier molecular flexibility index (Phi) is 3.72. The molecule has 3 nitrogen and oxygen atoms in total. The monoisotopic (exact) mass is 323 g/mol. The molecule has 1 heterocycles. The molecule has 1 aromatic heterocycles. The fourth-order valence-corrected chi connectivity index (χ4v) is 3.11. The largest absolute Gasteiger partial charge is 0.339 e. The fraction of sp³-hybridized carbons (Fsp3) is 0.308. The molecule has 1 aliphatic rings. The predicted octanol–water partition coefficient (Wildman–Crippen LogP) is 3.58. The van der Waals surface area contributed by atoms with E-state index in [1.165, 1.54) is 23.3 Å². The minimum absolute atomic E-state index is 0.751. The van der Waals surface area contributed by atoms with Crippen molar-refractivity contribution in [3.63, 3.8) is 0 Å². The maximum absolute atomic E-state index is 4.22. The topological polar surface area (TPSA) is 40.7 Å². The van der Waals surface area contributed by atoms with Gasteiger partial charge in [-0.25, -0.2) is 4.98 Å². The van der Waals surface area contributed by atoms with Crippen molar-refractivity contribution in [1.29, 1.82) is 0 Å². The van der Waals surface area contributed by atoms with Crippen LogP contribution in [-0.4, -0.2) is 16.0 Å². The van der Waals surface area contributed by atoms with E-state index in [4.69, 9.17) is 0 Å². The maximum Gasteiger partial charge on any atom is 0.170 e. The highest BCUT2D eigenvalue weighted by atomic mass is 79.9. The number of nitrogens with one attached hydrogen (secondary N) is 2. The summed E-state index contributed by atoms with van der Waals surface area (Å²) in [5, 5.41) is 4.44.